The Hall–Kier alpha value is -3.95. The highest BCUT2D eigenvalue weighted by Crippen LogP contribution is 2.19. The molecular formula is C19H18N6O4. The van der Waals surface area contributed by atoms with E-state index in [1.807, 2.05) is 24.3 Å². The molecular weight excluding hydrogens is 376 g/mol. The lowest BCUT2D eigenvalue weighted by Gasteiger charge is -2.14. The summed E-state index contributed by atoms with van der Waals surface area (Å²) in [4.78, 5) is 45.2. The standard InChI is InChI=1S/C19H18N6O4/c26-16(6-5-11-9-23-25-17(11)21-10-22-19(25)29)24-15(18(27)28)7-12-8-20-14-4-2-1-3-13(12)14/h1-4,8-10,15,20H,5-7H2,(H,24,26)(H,27,28)(H,21,22,29). The Morgan fingerprint density at radius 3 is 2.86 bits per heavy atom. The monoisotopic (exact) mass is 394 g/mol. The minimum atomic E-state index is -1.10. The van der Waals surface area contributed by atoms with Crippen LogP contribution in [0, 0.1) is 0 Å². The molecule has 1 amide bonds. The van der Waals surface area contributed by atoms with Gasteiger partial charge in [-0.05, 0) is 18.1 Å². The number of para-hydroxylation sites is 1. The summed E-state index contributed by atoms with van der Waals surface area (Å²) in [7, 11) is 0. The first kappa shape index (κ1) is 18.4. The molecule has 10 nitrogen and oxygen atoms in total. The molecule has 1 aromatic carbocycles. The average Bonchev–Trinajstić information content (AvgIpc) is 3.31. The van der Waals surface area contributed by atoms with Crippen LogP contribution in [0.15, 0.2) is 47.8 Å². The number of nitrogens with one attached hydrogen (secondary N) is 3. The lowest BCUT2D eigenvalue weighted by molar-refractivity contribution is -0.141. The van der Waals surface area contributed by atoms with Gasteiger partial charge in [-0.25, -0.2) is 14.6 Å². The van der Waals surface area contributed by atoms with Crippen LogP contribution < -0.4 is 11.0 Å². The van der Waals surface area contributed by atoms with E-state index in [-0.39, 0.29) is 19.3 Å². The van der Waals surface area contributed by atoms with Gasteiger partial charge in [0.1, 0.15) is 6.04 Å². The molecule has 0 saturated heterocycles. The second-order valence-electron chi connectivity index (χ2n) is 6.63. The number of benzene rings is 1. The molecule has 4 aromatic rings. The van der Waals surface area contributed by atoms with Gasteiger partial charge >= 0.3 is 11.7 Å². The van der Waals surface area contributed by atoms with E-state index in [0.717, 1.165) is 21.0 Å². The van der Waals surface area contributed by atoms with E-state index in [0.29, 0.717) is 11.2 Å². The first-order valence-corrected chi connectivity index (χ1v) is 9.00. The predicted octanol–water partition coefficient (Wildman–Crippen LogP) is 0.644. The Morgan fingerprint density at radius 1 is 1.21 bits per heavy atom. The van der Waals surface area contributed by atoms with Gasteiger partial charge < -0.3 is 15.4 Å². The third-order valence-corrected chi connectivity index (χ3v) is 4.74. The summed E-state index contributed by atoms with van der Waals surface area (Å²) in [5, 5.41) is 17.0. The molecule has 29 heavy (non-hydrogen) atoms. The molecule has 148 valence electrons. The van der Waals surface area contributed by atoms with Gasteiger partial charge in [-0.3, -0.25) is 9.78 Å². The zero-order chi connectivity index (χ0) is 20.4. The van der Waals surface area contributed by atoms with Crippen molar-refractivity contribution >= 4 is 28.4 Å². The molecule has 0 saturated carbocycles. The largest absolute Gasteiger partial charge is 0.480 e. The van der Waals surface area contributed by atoms with Gasteiger partial charge in [0, 0.05) is 35.5 Å². The van der Waals surface area contributed by atoms with Crippen LogP contribution in [0.25, 0.3) is 16.6 Å². The molecule has 0 aliphatic heterocycles. The summed E-state index contributed by atoms with van der Waals surface area (Å²) in [5.74, 6) is -1.51. The molecule has 3 heterocycles. The van der Waals surface area contributed by atoms with Crippen molar-refractivity contribution in [1.29, 1.82) is 0 Å². The summed E-state index contributed by atoms with van der Waals surface area (Å²) < 4.78 is 1.12. The molecule has 4 N–H and O–H groups in total. The van der Waals surface area contributed by atoms with Crippen LogP contribution in [0.4, 0.5) is 0 Å². The normalized spacial score (nSPS) is 12.3. The maximum atomic E-state index is 12.4. The number of fused-ring (bicyclic) bond motifs is 2. The lowest BCUT2D eigenvalue weighted by Crippen LogP contribution is -2.42. The molecule has 10 heteroatoms. The number of carboxylic acid groups (broad SMARTS) is 1. The first-order chi connectivity index (χ1) is 14.0. The molecule has 0 spiro atoms. The molecule has 0 bridgehead atoms. The number of nitrogens with zero attached hydrogens (tertiary/aromatic N) is 3. The first-order valence-electron chi connectivity index (χ1n) is 9.00. The van der Waals surface area contributed by atoms with E-state index in [4.69, 9.17) is 0 Å². The van der Waals surface area contributed by atoms with Crippen molar-refractivity contribution in [3.63, 3.8) is 0 Å². The minimum absolute atomic E-state index is 0.0491. The second kappa shape index (κ2) is 7.58. The highest BCUT2D eigenvalue weighted by molar-refractivity contribution is 5.86. The van der Waals surface area contributed by atoms with Crippen molar-refractivity contribution < 1.29 is 14.7 Å². The van der Waals surface area contributed by atoms with Gasteiger partial charge in [-0.15, -0.1) is 0 Å². The Kier molecular flexibility index (Phi) is 4.82. The van der Waals surface area contributed by atoms with Gasteiger partial charge in [-0.1, -0.05) is 18.2 Å². The number of hydrogen-bond acceptors (Lipinski definition) is 5. The number of amides is 1. The molecule has 1 unspecified atom stereocenters. The van der Waals surface area contributed by atoms with Crippen molar-refractivity contribution in [3.05, 3.63) is 64.6 Å². The summed E-state index contributed by atoms with van der Waals surface area (Å²) in [6, 6.07) is 6.53. The number of aromatic amines is 2. The molecule has 4 rings (SSSR count). The number of H-pyrrole nitrogens is 2. The number of carboxylic acids is 1. The fourth-order valence-corrected chi connectivity index (χ4v) is 3.28. The molecule has 0 fully saturated rings. The van der Waals surface area contributed by atoms with Crippen LogP contribution in [0.3, 0.4) is 0 Å². The molecule has 0 aliphatic rings. The average molecular weight is 394 g/mol. The Bertz CT molecular complexity index is 1250. The number of carbonyl (C=O) groups is 2. The van der Waals surface area contributed by atoms with Gasteiger partial charge in [0.05, 0.1) is 12.5 Å². The van der Waals surface area contributed by atoms with E-state index in [9.17, 15) is 19.5 Å². The summed E-state index contributed by atoms with van der Waals surface area (Å²) in [6.45, 7) is 0. The predicted molar refractivity (Wildman–Crippen MR) is 103 cm³/mol. The van der Waals surface area contributed by atoms with E-state index in [1.54, 1.807) is 6.20 Å². The lowest BCUT2D eigenvalue weighted by atomic mass is 10.0. The SMILES string of the molecule is O=C(CCc1cnn2c(=O)[nH]cnc12)NC(Cc1c[nH]c2ccccc12)C(=O)O. The van der Waals surface area contributed by atoms with E-state index in [2.05, 4.69) is 25.4 Å². The number of hydrogen-bond donors (Lipinski definition) is 4. The molecule has 0 aliphatic carbocycles. The summed E-state index contributed by atoms with van der Waals surface area (Å²) in [5.41, 5.74) is 2.31. The van der Waals surface area contributed by atoms with Gasteiger partial charge in [0.25, 0.3) is 0 Å². The smallest absolute Gasteiger partial charge is 0.349 e. The van der Waals surface area contributed by atoms with Crippen LogP contribution in [-0.4, -0.2) is 47.6 Å². The van der Waals surface area contributed by atoms with Crippen molar-refractivity contribution in [3.8, 4) is 0 Å². The maximum absolute atomic E-state index is 12.4. The summed E-state index contributed by atoms with van der Waals surface area (Å²) in [6.07, 6.45) is 5.00. The number of aromatic nitrogens is 5. The van der Waals surface area contributed by atoms with Gasteiger partial charge in [-0.2, -0.15) is 9.61 Å². The van der Waals surface area contributed by atoms with Crippen molar-refractivity contribution in [1.82, 2.24) is 29.9 Å². The Morgan fingerprint density at radius 2 is 2.03 bits per heavy atom. The van der Waals surface area contributed by atoms with Crippen LogP contribution >= 0.6 is 0 Å². The highest BCUT2D eigenvalue weighted by atomic mass is 16.4. The highest BCUT2D eigenvalue weighted by Gasteiger charge is 2.22. The summed E-state index contributed by atoms with van der Waals surface area (Å²) >= 11 is 0. The molecule has 1 atom stereocenters. The topological polar surface area (TPSA) is 145 Å². The number of rotatable bonds is 7. The van der Waals surface area contributed by atoms with Gasteiger partial charge in [0.2, 0.25) is 5.91 Å². The second-order valence-corrected chi connectivity index (χ2v) is 6.63. The minimum Gasteiger partial charge on any atom is -0.480 e. The molecule has 0 radical (unpaired) electrons. The zero-order valence-corrected chi connectivity index (χ0v) is 15.3. The number of aryl methyl sites for hydroxylation is 1. The fourth-order valence-electron chi connectivity index (χ4n) is 3.28. The fraction of sp³-hybridized carbons (Fsp3) is 0.211. The third-order valence-electron chi connectivity index (χ3n) is 4.74. The van der Waals surface area contributed by atoms with Crippen molar-refractivity contribution in [2.45, 2.75) is 25.3 Å². The quantitative estimate of drug-likeness (QED) is 0.362. The molecule has 3 aromatic heterocycles. The van der Waals surface area contributed by atoms with Crippen LogP contribution in [0.1, 0.15) is 17.5 Å². The Balaban J connectivity index is 1.43. The van der Waals surface area contributed by atoms with Crippen LogP contribution in [0.5, 0.6) is 0 Å². The van der Waals surface area contributed by atoms with Crippen LogP contribution in [-0.2, 0) is 22.4 Å². The maximum Gasteiger partial charge on any atom is 0.349 e. The van der Waals surface area contributed by atoms with Crippen LogP contribution in [0.2, 0.25) is 0 Å². The zero-order valence-electron chi connectivity index (χ0n) is 15.3. The number of carbonyl (C=O) groups excluding carboxylic acids is 1. The Labute approximate surface area is 163 Å². The number of aliphatic carboxylic acids is 1. The van der Waals surface area contributed by atoms with E-state index in [1.165, 1.54) is 12.5 Å². The van der Waals surface area contributed by atoms with Gasteiger partial charge in [0.15, 0.2) is 5.65 Å². The van der Waals surface area contributed by atoms with Crippen molar-refractivity contribution in [2.24, 2.45) is 0 Å². The van der Waals surface area contributed by atoms with Crippen molar-refractivity contribution in [2.75, 3.05) is 0 Å². The third kappa shape index (κ3) is 3.72. The van der Waals surface area contributed by atoms with E-state index >= 15 is 0 Å². The van der Waals surface area contributed by atoms with E-state index < -0.39 is 23.6 Å².